The van der Waals surface area contributed by atoms with Crippen molar-refractivity contribution in [2.75, 3.05) is 31.6 Å². The summed E-state index contributed by atoms with van der Waals surface area (Å²) in [6.45, 7) is 8.02. The highest BCUT2D eigenvalue weighted by Crippen LogP contribution is 2.22. The maximum absolute atomic E-state index is 12.3. The van der Waals surface area contributed by atoms with E-state index in [2.05, 4.69) is 19.9 Å². The first-order chi connectivity index (χ1) is 11.8. The number of nitrogens with one attached hydrogen (secondary N) is 1. The molecule has 1 saturated heterocycles. The average Bonchev–Trinajstić information content (AvgIpc) is 2.98. The number of hydrogen-bond donors (Lipinski definition) is 1. The molecular weight excluding hydrogens is 318 g/mol. The molecule has 3 rings (SSSR count). The Kier molecular flexibility index (Phi) is 4.83. The number of aromatic nitrogens is 3. The van der Waals surface area contributed by atoms with Gasteiger partial charge in [0.2, 0.25) is 5.95 Å². The quantitative estimate of drug-likeness (QED) is 0.925. The molecule has 136 valence electrons. The highest BCUT2D eigenvalue weighted by Gasteiger charge is 2.28. The molecule has 0 spiro atoms. The number of rotatable bonds is 3. The lowest BCUT2D eigenvalue weighted by Crippen LogP contribution is -2.45. The Balaban J connectivity index is 1.61. The van der Waals surface area contributed by atoms with Gasteiger partial charge in [-0.25, -0.2) is 9.78 Å². The SMILES string of the molecule is CN(C[C@H]1CCCN(C(=O)OC(C)(C)C)C1)c1nc2ncccc2[nH]1. The molecule has 1 N–H and O–H groups in total. The third-order valence-electron chi connectivity index (χ3n) is 4.31. The van der Waals surface area contributed by atoms with Crippen molar-refractivity contribution >= 4 is 23.2 Å². The summed E-state index contributed by atoms with van der Waals surface area (Å²) in [6.07, 6.45) is 3.63. The van der Waals surface area contributed by atoms with Gasteiger partial charge in [0.25, 0.3) is 0 Å². The van der Waals surface area contributed by atoms with Crippen LogP contribution < -0.4 is 4.90 Å². The highest BCUT2D eigenvalue weighted by atomic mass is 16.6. The summed E-state index contributed by atoms with van der Waals surface area (Å²) < 4.78 is 5.50. The Morgan fingerprint density at radius 1 is 1.48 bits per heavy atom. The van der Waals surface area contributed by atoms with Gasteiger partial charge in [-0.15, -0.1) is 0 Å². The molecule has 1 atom stereocenters. The topological polar surface area (TPSA) is 74.3 Å². The largest absolute Gasteiger partial charge is 0.444 e. The molecule has 7 nitrogen and oxygen atoms in total. The minimum Gasteiger partial charge on any atom is -0.444 e. The molecule has 1 aliphatic rings. The normalized spacial score (nSPS) is 18.4. The minimum absolute atomic E-state index is 0.215. The minimum atomic E-state index is -0.456. The van der Waals surface area contributed by atoms with Crippen LogP contribution in [-0.2, 0) is 4.74 Å². The number of H-pyrrole nitrogens is 1. The Hall–Kier alpha value is -2.31. The van der Waals surface area contributed by atoms with Gasteiger partial charge in [-0.2, -0.15) is 4.98 Å². The van der Waals surface area contributed by atoms with Gasteiger partial charge in [0.05, 0.1) is 5.52 Å². The van der Waals surface area contributed by atoms with Crippen molar-refractivity contribution in [1.82, 2.24) is 19.9 Å². The standard InChI is InChI=1S/C18H27N5O2/c1-18(2,3)25-17(24)23-10-6-7-13(12-23)11-22(4)16-20-14-8-5-9-19-15(14)21-16/h5,8-9,13H,6-7,10-12H2,1-4H3,(H,19,20,21)/t13-/m1/s1. The molecule has 1 amide bonds. The average molecular weight is 345 g/mol. The number of fused-ring (bicyclic) bond motifs is 1. The fourth-order valence-electron chi connectivity index (χ4n) is 3.19. The van der Waals surface area contributed by atoms with Crippen molar-refractivity contribution in [3.05, 3.63) is 18.3 Å². The summed E-state index contributed by atoms with van der Waals surface area (Å²) in [5, 5.41) is 0. The molecule has 1 aliphatic heterocycles. The van der Waals surface area contributed by atoms with E-state index in [-0.39, 0.29) is 6.09 Å². The number of anilines is 1. The molecule has 2 aromatic rings. The van der Waals surface area contributed by atoms with Gasteiger partial charge in [-0.05, 0) is 51.7 Å². The summed E-state index contributed by atoms with van der Waals surface area (Å²) in [7, 11) is 2.02. The zero-order valence-corrected chi connectivity index (χ0v) is 15.5. The molecule has 7 heteroatoms. The lowest BCUT2D eigenvalue weighted by molar-refractivity contribution is 0.0170. The van der Waals surface area contributed by atoms with E-state index >= 15 is 0 Å². The number of nitrogens with zero attached hydrogens (tertiary/aromatic N) is 4. The highest BCUT2D eigenvalue weighted by molar-refractivity contribution is 5.73. The molecule has 25 heavy (non-hydrogen) atoms. The Labute approximate surface area is 148 Å². The van der Waals surface area contributed by atoms with Crippen molar-refractivity contribution in [2.45, 2.75) is 39.2 Å². The van der Waals surface area contributed by atoms with E-state index in [0.717, 1.165) is 49.6 Å². The molecule has 0 unspecified atom stereocenters. The number of likely N-dealkylation sites (tertiary alicyclic amines) is 1. The monoisotopic (exact) mass is 345 g/mol. The zero-order chi connectivity index (χ0) is 18.0. The number of ether oxygens (including phenoxy) is 1. The Bertz CT molecular complexity index is 703. The lowest BCUT2D eigenvalue weighted by atomic mass is 9.98. The summed E-state index contributed by atoms with van der Waals surface area (Å²) in [5.74, 6) is 1.20. The molecule has 3 heterocycles. The van der Waals surface area contributed by atoms with Crippen LogP contribution in [0.3, 0.4) is 0 Å². The van der Waals surface area contributed by atoms with Crippen LogP contribution in [0.25, 0.3) is 11.2 Å². The van der Waals surface area contributed by atoms with E-state index in [0.29, 0.717) is 5.92 Å². The predicted octanol–water partition coefficient (Wildman–Crippen LogP) is 3.04. The van der Waals surface area contributed by atoms with Crippen LogP contribution in [-0.4, -0.2) is 58.2 Å². The van der Waals surface area contributed by atoms with Crippen LogP contribution in [0.1, 0.15) is 33.6 Å². The van der Waals surface area contributed by atoms with Crippen LogP contribution in [0.15, 0.2) is 18.3 Å². The van der Waals surface area contributed by atoms with Gasteiger partial charge in [-0.1, -0.05) is 0 Å². The van der Waals surface area contributed by atoms with Crippen molar-refractivity contribution in [1.29, 1.82) is 0 Å². The van der Waals surface area contributed by atoms with Crippen LogP contribution >= 0.6 is 0 Å². The first-order valence-electron chi connectivity index (χ1n) is 8.81. The van der Waals surface area contributed by atoms with Crippen LogP contribution in [0, 0.1) is 5.92 Å². The fraction of sp³-hybridized carbons (Fsp3) is 0.611. The number of carbonyl (C=O) groups excluding carboxylic acids is 1. The molecule has 0 bridgehead atoms. The van der Waals surface area contributed by atoms with Crippen molar-refractivity contribution in [3.63, 3.8) is 0 Å². The molecule has 0 radical (unpaired) electrons. The van der Waals surface area contributed by atoms with E-state index in [4.69, 9.17) is 4.74 Å². The number of imidazole rings is 1. The number of amides is 1. The summed E-state index contributed by atoms with van der Waals surface area (Å²) in [6, 6.07) is 3.86. The molecule has 1 fully saturated rings. The van der Waals surface area contributed by atoms with Crippen LogP contribution in [0.2, 0.25) is 0 Å². The Morgan fingerprint density at radius 2 is 2.28 bits per heavy atom. The predicted molar refractivity (Wildman–Crippen MR) is 97.7 cm³/mol. The molecule has 0 aromatic carbocycles. The number of piperidine rings is 1. The number of hydrogen-bond acceptors (Lipinski definition) is 5. The van der Waals surface area contributed by atoms with E-state index in [1.54, 1.807) is 6.20 Å². The number of carbonyl (C=O) groups is 1. The van der Waals surface area contributed by atoms with Crippen molar-refractivity contribution < 1.29 is 9.53 Å². The first-order valence-corrected chi connectivity index (χ1v) is 8.81. The Morgan fingerprint density at radius 3 is 3.00 bits per heavy atom. The van der Waals surface area contributed by atoms with Crippen LogP contribution in [0.4, 0.5) is 10.7 Å². The van der Waals surface area contributed by atoms with E-state index < -0.39 is 5.60 Å². The van der Waals surface area contributed by atoms with E-state index in [1.165, 1.54) is 0 Å². The van der Waals surface area contributed by atoms with Crippen molar-refractivity contribution in [2.24, 2.45) is 5.92 Å². The van der Waals surface area contributed by atoms with Gasteiger partial charge in [0, 0.05) is 32.9 Å². The van der Waals surface area contributed by atoms with Gasteiger partial charge in [-0.3, -0.25) is 0 Å². The van der Waals surface area contributed by atoms with E-state index in [9.17, 15) is 4.79 Å². The summed E-state index contributed by atoms with van der Waals surface area (Å²) in [5.41, 5.74) is 1.20. The summed E-state index contributed by atoms with van der Waals surface area (Å²) >= 11 is 0. The zero-order valence-electron chi connectivity index (χ0n) is 15.5. The smallest absolute Gasteiger partial charge is 0.410 e. The molecule has 0 aliphatic carbocycles. The fourth-order valence-corrected chi connectivity index (χ4v) is 3.19. The molecular formula is C18H27N5O2. The third kappa shape index (κ3) is 4.41. The second kappa shape index (κ2) is 6.90. The lowest BCUT2D eigenvalue weighted by Gasteiger charge is -2.35. The molecule has 0 saturated carbocycles. The first kappa shape index (κ1) is 17.5. The third-order valence-corrected chi connectivity index (χ3v) is 4.31. The second-order valence-corrected chi connectivity index (χ2v) is 7.75. The van der Waals surface area contributed by atoms with Gasteiger partial charge < -0.3 is 19.5 Å². The number of pyridine rings is 1. The number of aromatic amines is 1. The van der Waals surface area contributed by atoms with E-state index in [1.807, 2.05) is 44.9 Å². The van der Waals surface area contributed by atoms with Gasteiger partial charge in [0.1, 0.15) is 5.60 Å². The van der Waals surface area contributed by atoms with Gasteiger partial charge in [0.15, 0.2) is 5.65 Å². The van der Waals surface area contributed by atoms with Crippen LogP contribution in [0.5, 0.6) is 0 Å². The van der Waals surface area contributed by atoms with Crippen molar-refractivity contribution in [3.8, 4) is 0 Å². The maximum atomic E-state index is 12.3. The summed E-state index contributed by atoms with van der Waals surface area (Å²) in [4.78, 5) is 28.3. The van der Waals surface area contributed by atoms with Gasteiger partial charge >= 0.3 is 6.09 Å². The second-order valence-electron chi connectivity index (χ2n) is 7.75. The maximum Gasteiger partial charge on any atom is 0.410 e. The molecule has 2 aromatic heterocycles.